The number of aliphatic hydroxyl groups excluding tert-OH is 1. The average molecular weight is 475 g/mol. The molecule has 0 radical (unpaired) electrons. The van der Waals surface area contributed by atoms with Crippen molar-refractivity contribution in [3.05, 3.63) is 81.4 Å². The SMILES string of the molecule is O=C(N[C@]1(Cc2ccc(-c3cc(Cl)ccc3F)cc2)C[C@@](CO)(C(=O)O)C1)c1c[nH]c(=O)o1. The number of carbonyl (C=O) groups is 2. The monoisotopic (exact) mass is 474 g/mol. The minimum atomic E-state index is -1.38. The molecule has 1 amide bonds. The second-order valence-electron chi connectivity index (χ2n) is 8.37. The molecule has 1 aliphatic rings. The molecule has 0 saturated heterocycles. The second-order valence-corrected chi connectivity index (χ2v) is 8.81. The number of aromatic nitrogens is 1. The summed E-state index contributed by atoms with van der Waals surface area (Å²) >= 11 is 5.97. The first-order chi connectivity index (χ1) is 15.7. The van der Waals surface area contributed by atoms with Gasteiger partial charge in [0, 0.05) is 16.1 Å². The standard InChI is InChI=1S/C23H20ClFN2O6/c24-15-5-6-17(25)16(7-15)14-3-1-13(2-4-14)8-23(10-22(11-23,12-28)20(30)31)27-19(29)18-9-26-21(32)33-18/h1-7,9,28H,8,10-12H2,(H,26,32)(H,27,29)(H,30,31)/t22-,23-. The Kier molecular flexibility index (Phi) is 5.85. The number of aliphatic hydroxyl groups is 1. The molecule has 0 atom stereocenters. The molecule has 4 rings (SSSR count). The van der Waals surface area contributed by atoms with Crippen LogP contribution in [0.5, 0.6) is 0 Å². The summed E-state index contributed by atoms with van der Waals surface area (Å²) in [5.41, 5.74) is -0.662. The van der Waals surface area contributed by atoms with Crippen molar-refractivity contribution in [1.82, 2.24) is 10.3 Å². The smallest absolute Gasteiger partial charge is 0.416 e. The van der Waals surface area contributed by atoms with Gasteiger partial charge in [-0.05, 0) is 48.6 Å². The van der Waals surface area contributed by atoms with E-state index in [1.807, 2.05) is 0 Å². The topological polar surface area (TPSA) is 133 Å². The summed E-state index contributed by atoms with van der Waals surface area (Å²) in [6, 6.07) is 11.2. The molecule has 172 valence electrons. The zero-order valence-electron chi connectivity index (χ0n) is 17.2. The highest BCUT2D eigenvalue weighted by Gasteiger charge is 2.59. The quantitative estimate of drug-likeness (QED) is 0.416. The number of benzene rings is 2. The van der Waals surface area contributed by atoms with Gasteiger partial charge in [-0.1, -0.05) is 35.9 Å². The van der Waals surface area contributed by atoms with Crippen molar-refractivity contribution in [2.24, 2.45) is 5.41 Å². The number of carbonyl (C=O) groups excluding carboxylic acids is 1. The van der Waals surface area contributed by atoms with Crippen LogP contribution in [0.3, 0.4) is 0 Å². The minimum Gasteiger partial charge on any atom is -0.481 e. The van der Waals surface area contributed by atoms with Crippen LogP contribution in [0.4, 0.5) is 4.39 Å². The number of hydrogen-bond acceptors (Lipinski definition) is 5. The van der Waals surface area contributed by atoms with Gasteiger partial charge in [-0.3, -0.25) is 14.6 Å². The first kappa shape index (κ1) is 22.8. The number of oxazole rings is 1. The fourth-order valence-electron chi connectivity index (χ4n) is 4.44. The molecule has 0 spiro atoms. The summed E-state index contributed by atoms with van der Waals surface area (Å²) in [4.78, 5) is 37.8. The van der Waals surface area contributed by atoms with Crippen LogP contribution in [0.1, 0.15) is 29.0 Å². The van der Waals surface area contributed by atoms with Crippen molar-refractivity contribution in [1.29, 1.82) is 0 Å². The zero-order chi connectivity index (χ0) is 23.8. The number of aromatic amines is 1. The van der Waals surface area contributed by atoms with Crippen molar-refractivity contribution in [2.75, 3.05) is 6.61 Å². The van der Waals surface area contributed by atoms with Crippen LogP contribution in [-0.2, 0) is 11.2 Å². The first-order valence-corrected chi connectivity index (χ1v) is 10.4. The van der Waals surface area contributed by atoms with Gasteiger partial charge >= 0.3 is 11.7 Å². The lowest BCUT2D eigenvalue weighted by Gasteiger charge is -2.53. The highest BCUT2D eigenvalue weighted by Crippen LogP contribution is 2.50. The number of rotatable bonds is 7. The molecule has 3 aromatic rings. The van der Waals surface area contributed by atoms with Crippen LogP contribution in [0.25, 0.3) is 11.1 Å². The Morgan fingerprint density at radius 2 is 1.88 bits per heavy atom. The van der Waals surface area contributed by atoms with E-state index in [9.17, 15) is 29.0 Å². The molecule has 8 nitrogen and oxygen atoms in total. The van der Waals surface area contributed by atoms with Gasteiger partial charge in [0.1, 0.15) is 5.82 Å². The van der Waals surface area contributed by atoms with E-state index in [1.165, 1.54) is 18.2 Å². The van der Waals surface area contributed by atoms with Crippen LogP contribution in [0.2, 0.25) is 5.02 Å². The number of hydrogen-bond donors (Lipinski definition) is 4. The molecular formula is C23H20ClFN2O6. The number of amides is 1. The van der Waals surface area contributed by atoms with Crippen LogP contribution >= 0.6 is 11.6 Å². The van der Waals surface area contributed by atoms with Gasteiger partial charge in [-0.25, -0.2) is 9.18 Å². The molecule has 4 N–H and O–H groups in total. The average Bonchev–Trinajstić information content (AvgIpc) is 3.20. The van der Waals surface area contributed by atoms with Crippen molar-refractivity contribution in [3.63, 3.8) is 0 Å². The van der Waals surface area contributed by atoms with Gasteiger partial charge in [-0.2, -0.15) is 0 Å². The number of aliphatic carboxylic acids is 1. The van der Waals surface area contributed by atoms with Crippen LogP contribution < -0.4 is 11.1 Å². The summed E-state index contributed by atoms with van der Waals surface area (Å²) in [6.45, 7) is -0.577. The number of halogens is 2. The van der Waals surface area contributed by atoms with Crippen LogP contribution in [0.15, 0.2) is 57.9 Å². The third-order valence-corrected chi connectivity index (χ3v) is 6.21. The van der Waals surface area contributed by atoms with E-state index in [4.69, 9.17) is 16.0 Å². The van der Waals surface area contributed by atoms with Gasteiger partial charge in [0.15, 0.2) is 0 Å². The highest BCUT2D eigenvalue weighted by atomic mass is 35.5. The number of nitrogens with one attached hydrogen (secondary N) is 2. The van der Waals surface area contributed by atoms with E-state index >= 15 is 0 Å². The van der Waals surface area contributed by atoms with E-state index in [0.717, 1.165) is 11.8 Å². The fraction of sp³-hybridized carbons (Fsp3) is 0.261. The summed E-state index contributed by atoms with van der Waals surface area (Å²) in [5.74, 6) is -3.28. The molecule has 33 heavy (non-hydrogen) atoms. The van der Waals surface area contributed by atoms with Crippen LogP contribution in [-0.4, -0.2) is 39.2 Å². The predicted molar refractivity (Wildman–Crippen MR) is 116 cm³/mol. The molecule has 1 aliphatic carbocycles. The number of carboxylic acids is 1. The molecule has 10 heteroatoms. The molecule has 1 fully saturated rings. The third-order valence-electron chi connectivity index (χ3n) is 5.97. The normalized spacial score (nSPS) is 21.9. The maximum Gasteiger partial charge on any atom is 0.416 e. The molecule has 0 aliphatic heterocycles. The van der Waals surface area contributed by atoms with Gasteiger partial charge in [0.25, 0.3) is 5.91 Å². The van der Waals surface area contributed by atoms with Gasteiger partial charge in [0.2, 0.25) is 5.76 Å². The predicted octanol–water partition coefficient (Wildman–Crippen LogP) is 3.00. The summed E-state index contributed by atoms with van der Waals surface area (Å²) in [6.07, 6.45) is 1.34. The van der Waals surface area contributed by atoms with Crippen molar-refractivity contribution in [2.45, 2.75) is 24.8 Å². The molecule has 0 bridgehead atoms. The van der Waals surface area contributed by atoms with Gasteiger partial charge in [-0.15, -0.1) is 0 Å². The highest BCUT2D eigenvalue weighted by molar-refractivity contribution is 6.30. The molecule has 0 unspecified atom stereocenters. The second kappa shape index (κ2) is 8.49. The van der Waals surface area contributed by atoms with Crippen molar-refractivity contribution < 1.29 is 28.6 Å². The Balaban J connectivity index is 1.59. The van der Waals surface area contributed by atoms with E-state index in [1.54, 1.807) is 24.3 Å². The number of H-pyrrole nitrogens is 1. The Morgan fingerprint density at radius 3 is 2.45 bits per heavy atom. The summed E-state index contributed by atoms with van der Waals surface area (Å²) in [7, 11) is 0. The molecule has 1 saturated carbocycles. The molecule has 1 aromatic heterocycles. The Bertz CT molecular complexity index is 1260. The van der Waals surface area contributed by atoms with E-state index in [2.05, 4.69) is 10.3 Å². The third kappa shape index (κ3) is 4.42. The Hall–Kier alpha value is -3.43. The molecular weight excluding hydrogens is 455 g/mol. The number of carboxylic acid groups (broad SMARTS) is 1. The Labute approximate surface area is 192 Å². The summed E-state index contributed by atoms with van der Waals surface area (Å²) < 4.78 is 19.0. The lowest BCUT2D eigenvalue weighted by molar-refractivity contribution is -0.165. The lowest BCUT2D eigenvalue weighted by Crippen LogP contribution is -2.66. The van der Waals surface area contributed by atoms with Gasteiger partial charge in [0.05, 0.1) is 18.2 Å². The van der Waals surface area contributed by atoms with Crippen LogP contribution in [0, 0.1) is 11.2 Å². The van der Waals surface area contributed by atoms with E-state index in [0.29, 0.717) is 16.1 Å². The van der Waals surface area contributed by atoms with Crippen molar-refractivity contribution in [3.8, 4) is 11.1 Å². The van der Waals surface area contributed by atoms with Gasteiger partial charge < -0.3 is 19.9 Å². The summed E-state index contributed by atoms with van der Waals surface area (Å²) in [5, 5.41) is 22.4. The maximum absolute atomic E-state index is 14.2. The maximum atomic E-state index is 14.2. The van der Waals surface area contributed by atoms with E-state index < -0.39 is 41.0 Å². The zero-order valence-corrected chi connectivity index (χ0v) is 18.0. The largest absolute Gasteiger partial charge is 0.481 e. The minimum absolute atomic E-state index is 0.0170. The first-order valence-electron chi connectivity index (χ1n) is 10.1. The lowest BCUT2D eigenvalue weighted by atomic mass is 9.55. The Morgan fingerprint density at radius 1 is 1.18 bits per heavy atom. The van der Waals surface area contributed by atoms with E-state index in [-0.39, 0.29) is 25.0 Å². The molecule has 2 aromatic carbocycles. The fourth-order valence-corrected chi connectivity index (χ4v) is 4.61. The molecule has 1 heterocycles. The van der Waals surface area contributed by atoms with Crippen molar-refractivity contribution >= 4 is 23.5 Å².